The Labute approximate surface area is 246 Å². The minimum Gasteiger partial charge on any atom is -0.508 e. The van der Waals surface area contributed by atoms with Crippen molar-refractivity contribution in [2.24, 2.45) is 17.6 Å². The van der Waals surface area contributed by atoms with Crippen LogP contribution < -0.4 is 16.0 Å². The van der Waals surface area contributed by atoms with Gasteiger partial charge in [0.25, 0.3) is 5.91 Å². The number of carbonyl (C=O) groups excluding carboxylic acids is 3. The van der Waals surface area contributed by atoms with E-state index in [4.69, 9.17) is 5.73 Å². The number of aliphatic hydroxyl groups is 3. The van der Waals surface area contributed by atoms with Gasteiger partial charge in [-0.05, 0) is 62.2 Å². The minimum absolute atomic E-state index is 0.0102. The first-order valence-electron chi connectivity index (χ1n) is 13.6. The monoisotopic (exact) mass is 594 g/mol. The quantitative estimate of drug-likeness (QED) is 0.174. The van der Waals surface area contributed by atoms with Crippen molar-refractivity contribution in [1.29, 1.82) is 0 Å². The van der Waals surface area contributed by atoms with Gasteiger partial charge in [0.1, 0.15) is 22.8 Å². The Morgan fingerprint density at radius 2 is 1.72 bits per heavy atom. The van der Waals surface area contributed by atoms with E-state index in [9.17, 15) is 45.0 Å². The molecule has 4 atom stereocenters. The van der Waals surface area contributed by atoms with Gasteiger partial charge < -0.3 is 46.6 Å². The van der Waals surface area contributed by atoms with Gasteiger partial charge in [-0.2, -0.15) is 0 Å². The standard InChI is InChI=1S/C30H34N4O9/c1-33(2)17-10-16(32-11-12-5-6-18(35)19(36)7-12)24(37)21-14(17)8-13-9-15-23(34(3)4)26(39)22(29(31)42)28(41)30(15,43)27(40)20(13)25(21)38/h5-7,10,13,15,23,32,35-38,41,43H,8-9,11H2,1-4H3,(H2,31,42)/t13-,15-,23-,30-/m0/s1. The van der Waals surface area contributed by atoms with Crippen molar-refractivity contribution in [3.05, 3.63) is 57.9 Å². The lowest BCUT2D eigenvalue weighted by atomic mass is 9.57. The molecule has 1 saturated carbocycles. The summed E-state index contributed by atoms with van der Waals surface area (Å²) in [6.45, 7) is 0.113. The van der Waals surface area contributed by atoms with Gasteiger partial charge in [0, 0.05) is 37.8 Å². The lowest BCUT2D eigenvalue weighted by Crippen LogP contribution is -2.65. The van der Waals surface area contributed by atoms with Crippen LogP contribution >= 0.6 is 0 Å². The van der Waals surface area contributed by atoms with Crippen LogP contribution in [0.3, 0.4) is 0 Å². The fourth-order valence-corrected chi connectivity index (χ4v) is 6.70. The molecule has 3 aliphatic carbocycles. The Morgan fingerprint density at radius 1 is 1.05 bits per heavy atom. The molecule has 0 heterocycles. The second-order valence-corrected chi connectivity index (χ2v) is 11.7. The molecule has 0 unspecified atom stereocenters. The van der Waals surface area contributed by atoms with Gasteiger partial charge in [0.2, 0.25) is 5.78 Å². The summed E-state index contributed by atoms with van der Waals surface area (Å²) in [4.78, 5) is 42.7. The van der Waals surface area contributed by atoms with Crippen LogP contribution in [0.1, 0.15) is 23.1 Å². The summed E-state index contributed by atoms with van der Waals surface area (Å²) in [6, 6.07) is 4.75. The molecule has 0 spiro atoms. The first-order valence-corrected chi connectivity index (χ1v) is 13.6. The highest BCUT2D eigenvalue weighted by Crippen LogP contribution is 2.54. The van der Waals surface area contributed by atoms with E-state index in [2.05, 4.69) is 5.32 Å². The molecule has 0 saturated heterocycles. The summed E-state index contributed by atoms with van der Waals surface area (Å²) in [7, 11) is 6.63. The van der Waals surface area contributed by atoms with E-state index in [1.807, 2.05) is 0 Å². The topological polar surface area (TPSA) is 217 Å². The van der Waals surface area contributed by atoms with Crippen LogP contribution in [-0.4, -0.2) is 92.8 Å². The van der Waals surface area contributed by atoms with Gasteiger partial charge in [-0.1, -0.05) is 6.07 Å². The molecular formula is C30H34N4O9. The van der Waals surface area contributed by atoms with E-state index < -0.39 is 58.0 Å². The highest BCUT2D eigenvalue weighted by molar-refractivity contribution is 6.24. The number of nitrogens with one attached hydrogen (secondary N) is 1. The van der Waals surface area contributed by atoms with Crippen LogP contribution in [0.4, 0.5) is 11.4 Å². The normalized spacial score (nSPS) is 24.9. The second-order valence-electron chi connectivity index (χ2n) is 11.7. The number of likely N-dealkylation sites (N-methyl/N-ethyl adjacent to an activating group) is 1. The number of phenols is 3. The number of ketones is 2. The fourth-order valence-electron chi connectivity index (χ4n) is 6.70. The molecule has 1 fully saturated rings. The summed E-state index contributed by atoms with van der Waals surface area (Å²) >= 11 is 0. The van der Waals surface area contributed by atoms with E-state index in [1.165, 1.54) is 17.0 Å². The highest BCUT2D eigenvalue weighted by Gasteiger charge is 2.64. The van der Waals surface area contributed by atoms with Crippen LogP contribution in [0, 0.1) is 11.8 Å². The summed E-state index contributed by atoms with van der Waals surface area (Å²) in [5.74, 6) is -7.77. The lowest BCUT2D eigenvalue weighted by Gasteiger charge is -2.50. The van der Waals surface area contributed by atoms with Crippen molar-refractivity contribution in [3.8, 4) is 17.2 Å². The van der Waals surface area contributed by atoms with Gasteiger partial charge in [0.05, 0.1) is 17.3 Å². The summed E-state index contributed by atoms with van der Waals surface area (Å²) in [5.41, 5.74) is 3.41. The molecule has 13 nitrogen and oxygen atoms in total. The van der Waals surface area contributed by atoms with Crippen LogP contribution in [0.15, 0.2) is 41.2 Å². The third-order valence-corrected chi connectivity index (χ3v) is 8.70. The maximum atomic E-state index is 14.1. The van der Waals surface area contributed by atoms with E-state index in [1.54, 1.807) is 45.2 Å². The third-order valence-electron chi connectivity index (χ3n) is 8.70. The largest absolute Gasteiger partial charge is 0.508 e. The van der Waals surface area contributed by atoms with Crippen LogP contribution in [0.2, 0.25) is 0 Å². The number of anilines is 2. The Morgan fingerprint density at radius 3 is 2.30 bits per heavy atom. The van der Waals surface area contributed by atoms with Gasteiger partial charge >= 0.3 is 0 Å². The Hall–Kier alpha value is -4.75. The number of aliphatic hydroxyl groups excluding tert-OH is 2. The Kier molecular flexibility index (Phi) is 7.06. The molecule has 1 amide bonds. The molecule has 0 aromatic heterocycles. The molecule has 0 aliphatic heterocycles. The predicted octanol–water partition coefficient (Wildman–Crippen LogP) is 1.05. The molecule has 0 radical (unpaired) electrons. The number of hydrogen-bond donors (Lipinski definition) is 8. The maximum absolute atomic E-state index is 14.1. The molecular weight excluding hydrogens is 560 g/mol. The molecule has 43 heavy (non-hydrogen) atoms. The molecule has 9 N–H and O–H groups in total. The second kappa shape index (κ2) is 10.2. The maximum Gasteiger partial charge on any atom is 0.255 e. The summed E-state index contributed by atoms with van der Waals surface area (Å²) < 4.78 is 0. The van der Waals surface area contributed by atoms with Gasteiger partial charge in [-0.25, -0.2) is 0 Å². The molecule has 5 rings (SSSR count). The average Bonchev–Trinajstić information content (AvgIpc) is 2.91. The number of phenolic OH excluding ortho intramolecular Hbond substituents is 3. The number of benzene rings is 2. The molecule has 0 bridgehead atoms. The Balaban J connectivity index is 1.65. The molecule has 2 aromatic carbocycles. The molecule has 3 aliphatic rings. The minimum atomic E-state index is -2.72. The molecule has 13 heteroatoms. The number of nitrogens with zero attached hydrogens (tertiary/aromatic N) is 2. The third kappa shape index (κ3) is 4.34. The Bertz CT molecular complexity index is 1640. The smallest absolute Gasteiger partial charge is 0.255 e. The number of primary amides is 1. The van der Waals surface area contributed by atoms with Crippen LogP contribution in [0.5, 0.6) is 17.2 Å². The number of nitrogens with two attached hydrogens (primary N) is 1. The first-order chi connectivity index (χ1) is 20.1. The number of fused-ring (bicyclic) bond motifs is 3. The first kappa shape index (κ1) is 29.7. The van der Waals surface area contributed by atoms with E-state index in [0.717, 1.165) is 0 Å². The summed E-state index contributed by atoms with van der Waals surface area (Å²) in [5, 5.41) is 68.2. The SMILES string of the molecule is CN(C)c1cc(NCc2ccc(O)c(O)c2)c(O)c2c1C[C@H]1C[C@H]3[C@H](N(C)C)C(=O)C(C(N)=O)=C(O)[C@@]3(O)C(=O)C1=C2O. The van der Waals surface area contributed by atoms with E-state index in [-0.39, 0.29) is 53.5 Å². The van der Waals surface area contributed by atoms with Gasteiger partial charge in [-0.3, -0.25) is 19.3 Å². The molecule has 228 valence electrons. The van der Waals surface area contributed by atoms with Crippen LogP contribution in [-0.2, 0) is 27.3 Å². The number of aromatic hydroxyl groups is 3. The zero-order chi connectivity index (χ0) is 31.7. The van der Waals surface area contributed by atoms with Crippen molar-refractivity contribution >= 4 is 34.6 Å². The number of Topliss-reactive ketones (excluding diaryl/α,β-unsaturated/α-hetero) is 2. The summed E-state index contributed by atoms with van der Waals surface area (Å²) in [6.07, 6.45) is 0.144. The van der Waals surface area contributed by atoms with Crippen molar-refractivity contribution < 1.29 is 45.0 Å². The number of carbonyl (C=O) groups is 3. The number of rotatable bonds is 6. The van der Waals surface area contributed by atoms with E-state index >= 15 is 0 Å². The highest BCUT2D eigenvalue weighted by atomic mass is 16.3. The predicted molar refractivity (Wildman–Crippen MR) is 156 cm³/mol. The number of amides is 1. The van der Waals surface area contributed by atoms with Crippen molar-refractivity contribution in [2.75, 3.05) is 38.4 Å². The van der Waals surface area contributed by atoms with Crippen molar-refractivity contribution in [2.45, 2.75) is 31.0 Å². The van der Waals surface area contributed by atoms with Gasteiger partial charge in [0.15, 0.2) is 22.9 Å². The zero-order valence-corrected chi connectivity index (χ0v) is 24.0. The average molecular weight is 595 g/mol. The van der Waals surface area contributed by atoms with Gasteiger partial charge in [-0.15, -0.1) is 0 Å². The molecule has 2 aromatic rings. The van der Waals surface area contributed by atoms with Crippen molar-refractivity contribution in [3.63, 3.8) is 0 Å². The number of hydrogen-bond acceptors (Lipinski definition) is 12. The lowest BCUT2D eigenvalue weighted by molar-refractivity contribution is -0.153. The zero-order valence-electron chi connectivity index (χ0n) is 24.0. The fraction of sp³-hybridized carbons (Fsp3) is 0.367. The van der Waals surface area contributed by atoms with Crippen molar-refractivity contribution in [1.82, 2.24) is 4.90 Å². The van der Waals surface area contributed by atoms with Crippen LogP contribution in [0.25, 0.3) is 5.76 Å². The van der Waals surface area contributed by atoms with E-state index in [0.29, 0.717) is 16.8 Å².